The van der Waals surface area contributed by atoms with Crippen molar-refractivity contribution in [3.63, 3.8) is 0 Å². The lowest BCUT2D eigenvalue weighted by Crippen LogP contribution is -2.31. The highest BCUT2D eigenvalue weighted by molar-refractivity contribution is 5.78. The van der Waals surface area contributed by atoms with Gasteiger partial charge in [0.25, 0.3) is 5.91 Å². The highest BCUT2D eigenvalue weighted by atomic mass is 16.5. The number of imidazole rings is 1. The molecule has 0 saturated heterocycles. The summed E-state index contributed by atoms with van der Waals surface area (Å²) in [4.78, 5) is 16.2. The molecule has 0 unspecified atom stereocenters. The molecule has 0 aliphatic rings. The van der Waals surface area contributed by atoms with Gasteiger partial charge in [0.15, 0.2) is 6.61 Å². The minimum Gasteiger partial charge on any atom is -0.484 e. The first-order chi connectivity index (χ1) is 13.0. The lowest BCUT2D eigenvalue weighted by atomic mass is 10.0. The summed E-state index contributed by atoms with van der Waals surface area (Å²) >= 11 is 0. The summed E-state index contributed by atoms with van der Waals surface area (Å²) in [6, 6.07) is 15.8. The summed E-state index contributed by atoms with van der Waals surface area (Å²) < 4.78 is 7.52. The van der Waals surface area contributed by atoms with Crippen LogP contribution in [0.4, 0.5) is 0 Å². The third-order valence-corrected chi connectivity index (χ3v) is 4.49. The van der Waals surface area contributed by atoms with Crippen molar-refractivity contribution in [2.75, 3.05) is 6.61 Å². The smallest absolute Gasteiger partial charge is 0.258 e. The summed E-state index contributed by atoms with van der Waals surface area (Å²) in [5.41, 5.74) is 3.32. The van der Waals surface area contributed by atoms with Crippen molar-refractivity contribution in [2.45, 2.75) is 32.7 Å². The van der Waals surface area contributed by atoms with Gasteiger partial charge >= 0.3 is 0 Å². The average molecular weight is 363 g/mol. The molecule has 1 aromatic heterocycles. The van der Waals surface area contributed by atoms with E-state index in [4.69, 9.17) is 4.74 Å². The monoisotopic (exact) mass is 363 g/mol. The van der Waals surface area contributed by atoms with E-state index in [1.807, 2.05) is 66.2 Å². The van der Waals surface area contributed by atoms with E-state index in [1.54, 1.807) is 12.5 Å². The predicted molar refractivity (Wildman–Crippen MR) is 106 cm³/mol. The number of amides is 1. The maximum Gasteiger partial charge on any atom is 0.258 e. The van der Waals surface area contributed by atoms with Gasteiger partial charge in [-0.15, -0.1) is 0 Å². The first kappa shape index (κ1) is 18.7. The van der Waals surface area contributed by atoms with Crippen molar-refractivity contribution < 1.29 is 9.53 Å². The predicted octanol–water partition coefficient (Wildman–Crippen LogP) is 4.25. The van der Waals surface area contributed by atoms with E-state index in [1.165, 1.54) is 5.56 Å². The van der Waals surface area contributed by atoms with Gasteiger partial charge in [-0.2, -0.15) is 0 Å². The molecule has 140 valence electrons. The van der Waals surface area contributed by atoms with E-state index >= 15 is 0 Å². The van der Waals surface area contributed by atoms with E-state index < -0.39 is 0 Å². The minimum atomic E-state index is -0.144. The number of ether oxygens (including phenoxy) is 1. The van der Waals surface area contributed by atoms with Crippen molar-refractivity contribution in [3.8, 4) is 11.4 Å². The second-order valence-electron chi connectivity index (χ2n) is 6.86. The topological polar surface area (TPSA) is 56.1 Å². The quantitative estimate of drug-likeness (QED) is 0.683. The summed E-state index contributed by atoms with van der Waals surface area (Å²) in [5, 5.41) is 2.97. The Morgan fingerprint density at radius 1 is 1.04 bits per heavy atom. The van der Waals surface area contributed by atoms with Crippen LogP contribution >= 0.6 is 0 Å². The van der Waals surface area contributed by atoms with E-state index in [0.717, 1.165) is 11.3 Å². The number of hydrogen-bond acceptors (Lipinski definition) is 3. The van der Waals surface area contributed by atoms with E-state index in [-0.39, 0.29) is 18.6 Å². The van der Waals surface area contributed by atoms with Gasteiger partial charge in [0.1, 0.15) is 5.75 Å². The average Bonchev–Trinajstić information content (AvgIpc) is 3.21. The maximum absolute atomic E-state index is 12.2. The van der Waals surface area contributed by atoms with Gasteiger partial charge in [-0.1, -0.05) is 38.1 Å². The van der Waals surface area contributed by atoms with Crippen LogP contribution in [0.25, 0.3) is 5.69 Å². The third-order valence-electron chi connectivity index (χ3n) is 4.49. The van der Waals surface area contributed by atoms with Crippen LogP contribution in [-0.2, 0) is 4.79 Å². The van der Waals surface area contributed by atoms with Crippen LogP contribution in [0.15, 0.2) is 67.3 Å². The molecule has 0 radical (unpaired) electrons. The number of carbonyl (C=O) groups excluding carboxylic acids is 1. The van der Waals surface area contributed by atoms with Gasteiger partial charge in [-0.05, 0) is 48.2 Å². The first-order valence-electron chi connectivity index (χ1n) is 9.13. The summed E-state index contributed by atoms with van der Waals surface area (Å²) in [7, 11) is 0. The second-order valence-corrected chi connectivity index (χ2v) is 6.86. The molecular weight excluding hydrogens is 338 g/mol. The zero-order valence-electron chi connectivity index (χ0n) is 15.9. The molecule has 3 aromatic rings. The van der Waals surface area contributed by atoms with Crippen molar-refractivity contribution in [3.05, 3.63) is 78.4 Å². The molecule has 1 atom stereocenters. The lowest BCUT2D eigenvalue weighted by Gasteiger charge is -2.15. The zero-order chi connectivity index (χ0) is 19.2. The van der Waals surface area contributed by atoms with Crippen molar-refractivity contribution >= 4 is 5.91 Å². The van der Waals surface area contributed by atoms with Gasteiger partial charge < -0.3 is 14.6 Å². The Kier molecular flexibility index (Phi) is 5.91. The van der Waals surface area contributed by atoms with Gasteiger partial charge in [-0.3, -0.25) is 4.79 Å². The molecule has 0 saturated carbocycles. The summed E-state index contributed by atoms with van der Waals surface area (Å²) in [5.74, 6) is 1.03. The number of nitrogens with one attached hydrogen (secondary N) is 1. The molecule has 1 N–H and O–H groups in total. The molecule has 0 bridgehead atoms. The highest BCUT2D eigenvalue weighted by Crippen LogP contribution is 2.19. The van der Waals surface area contributed by atoms with Crippen LogP contribution in [-0.4, -0.2) is 22.1 Å². The van der Waals surface area contributed by atoms with Gasteiger partial charge in [0, 0.05) is 18.1 Å². The summed E-state index contributed by atoms with van der Waals surface area (Å²) in [6.45, 7) is 6.25. The van der Waals surface area contributed by atoms with Crippen molar-refractivity contribution in [1.82, 2.24) is 14.9 Å². The second kappa shape index (κ2) is 8.54. The minimum absolute atomic E-state index is 0.00150. The molecule has 0 spiro atoms. The van der Waals surface area contributed by atoms with Gasteiger partial charge in [0.2, 0.25) is 0 Å². The molecule has 2 aromatic carbocycles. The number of aromatic nitrogens is 2. The SMILES string of the molecule is CC(C)c1ccc(OCC(=O)N[C@H](C)c2ccc(-n3ccnc3)cc2)cc1. The van der Waals surface area contributed by atoms with Crippen LogP contribution in [0, 0.1) is 0 Å². The Bertz CT molecular complexity index is 854. The number of hydrogen-bond donors (Lipinski definition) is 1. The van der Waals surface area contributed by atoms with Crippen LogP contribution in [0.3, 0.4) is 0 Å². The van der Waals surface area contributed by atoms with Crippen LogP contribution < -0.4 is 10.1 Å². The van der Waals surface area contributed by atoms with E-state index in [9.17, 15) is 4.79 Å². The Morgan fingerprint density at radius 2 is 1.70 bits per heavy atom. The largest absolute Gasteiger partial charge is 0.484 e. The number of carbonyl (C=O) groups is 1. The standard InChI is InChI=1S/C22H25N3O2/c1-16(2)18-6-10-21(11-7-18)27-14-22(26)24-17(3)19-4-8-20(9-5-19)25-13-12-23-15-25/h4-13,15-17H,14H2,1-3H3,(H,24,26)/t17-/m1/s1. The molecule has 27 heavy (non-hydrogen) atoms. The Balaban J connectivity index is 1.51. The molecule has 1 amide bonds. The fourth-order valence-corrected chi connectivity index (χ4v) is 2.81. The number of benzene rings is 2. The van der Waals surface area contributed by atoms with Crippen LogP contribution in [0.1, 0.15) is 43.9 Å². The third kappa shape index (κ3) is 4.97. The highest BCUT2D eigenvalue weighted by Gasteiger charge is 2.10. The Morgan fingerprint density at radius 3 is 2.30 bits per heavy atom. The maximum atomic E-state index is 12.2. The van der Waals surface area contributed by atoms with Crippen LogP contribution in [0.5, 0.6) is 5.75 Å². The Hall–Kier alpha value is -3.08. The number of nitrogens with zero attached hydrogens (tertiary/aromatic N) is 2. The molecule has 3 rings (SSSR count). The summed E-state index contributed by atoms with van der Waals surface area (Å²) in [6.07, 6.45) is 5.39. The van der Waals surface area contributed by atoms with Crippen molar-refractivity contribution in [2.24, 2.45) is 0 Å². The first-order valence-corrected chi connectivity index (χ1v) is 9.13. The van der Waals surface area contributed by atoms with E-state index in [2.05, 4.69) is 24.1 Å². The molecule has 0 fully saturated rings. The van der Waals surface area contributed by atoms with Gasteiger partial charge in [0.05, 0.1) is 12.4 Å². The van der Waals surface area contributed by atoms with E-state index in [0.29, 0.717) is 11.7 Å². The fraction of sp³-hybridized carbons (Fsp3) is 0.273. The lowest BCUT2D eigenvalue weighted by molar-refractivity contribution is -0.123. The number of rotatable bonds is 7. The molecule has 5 heteroatoms. The molecule has 0 aliphatic carbocycles. The Labute approximate surface area is 160 Å². The fourth-order valence-electron chi connectivity index (χ4n) is 2.81. The molecule has 1 heterocycles. The molecule has 0 aliphatic heterocycles. The van der Waals surface area contributed by atoms with Crippen molar-refractivity contribution in [1.29, 1.82) is 0 Å². The normalized spacial score (nSPS) is 12.0. The zero-order valence-corrected chi connectivity index (χ0v) is 15.9. The van der Waals surface area contributed by atoms with Crippen LogP contribution in [0.2, 0.25) is 0 Å². The van der Waals surface area contributed by atoms with Gasteiger partial charge in [-0.25, -0.2) is 4.98 Å². The molecular formula is C22H25N3O2. The molecule has 5 nitrogen and oxygen atoms in total.